The van der Waals surface area contributed by atoms with Crippen molar-refractivity contribution in [3.05, 3.63) is 23.8 Å². The summed E-state index contributed by atoms with van der Waals surface area (Å²) in [5.41, 5.74) is 6.54. The molecule has 0 atom stereocenters. The number of aliphatic hydroxyl groups excluding tert-OH is 1. The Bertz CT molecular complexity index is 574. The molecule has 0 spiro atoms. The first kappa shape index (κ1) is 17.6. The Hall–Kier alpha value is -1.79. The minimum atomic E-state index is -0.574. The number of carbonyl (C=O) groups excluding carboxylic acids is 1. The Morgan fingerprint density at radius 2 is 2.09 bits per heavy atom. The number of aliphatic hydroxyl groups is 1. The van der Waals surface area contributed by atoms with Crippen molar-refractivity contribution in [3.8, 4) is 5.75 Å². The van der Waals surface area contributed by atoms with Gasteiger partial charge in [-0.05, 0) is 57.4 Å². The van der Waals surface area contributed by atoms with Crippen LogP contribution in [0.15, 0.2) is 18.2 Å². The molecule has 0 bridgehead atoms. The maximum absolute atomic E-state index is 12.1. The molecular weight excluding hydrogens is 296 g/mol. The third-order valence-electron chi connectivity index (χ3n) is 4.08. The van der Waals surface area contributed by atoms with E-state index in [1.54, 1.807) is 19.2 Å². The fraction of sp³-hybridized carbons (Fsp3) is 0.588. The standard InChI is InChI=1S/C17H26N2O4/c1-16(2,3)23-15(21)19-14-6-5-12(22-4)7-13(14)17(10-18)8-11(20)9-17/h5-7,11,20H,8-10,18H2,1-4H3,(H,19,21). The van der Waals surface area contributed by atoms with Gasteiger partial charge in [0.15, 0.2) is 0 Å². The van der Waals surface area contributed by atoms with Gasteiger partial charge in [0.25, 0.3) is 0 Å². The number of methoxy groups -OCH3 is 1. The van der Waals surface area contributed by atoms with Gasteiger partial charge in [0.1, 0.15) is 11.4 Å². The van der Waals surface area contributed by atoms with E-state index in [4.69, 9.17) is 15.2 Å². The molecule has 128 valence electrons. The van der Waals surface area contributed by atoms with Crippen molar-refractivity contribution in [2.75, 3.05) is 19.0 Å². The maximum Gasteiger partial charge on any atom is 0.412 e. The van der Waals surface area contributed by atoms with E-state index in [9.17, 15) is 9.90 Å². The van der Waals surface area contributed by atoms with Gasteiger partial charge in [0.2, 0.25) is 0 Å². The largest absolute Gasteiger partial charge is 0.497 e. The van der Waals surface area contributed by atoms with Crippen LogP contribution in [0.4, 0.5) is 10.5 Å². The van der Waals surface area contributed by atoms with Crippen LogP contribution in [0.3, 0.4) is 0 Å². The van der Waals surface area contributed by atoms with Crippen LogP contribution >= 0.6 is 0 Å². The zero-order chi connectivity index (χ0) is 17.3. The molecular formula is C17H26N2O4. The molecule has 1 aromatic rings. The number of carbonyl (C=O) groups is 1. The fourth-order valence-electron chi connectivity index (χ4n) is 2.95. The second-order valence-corrected chi connectivity index (χ2v) is 7.08. The van der Waals surface area contributed by atoms with E-state index in [0.29, 0.717) is 30.8 Å². The number of amides is 1. The molecule has 4 N–H and O–H groups in total. The maximum atomic E-state index is 12.1. The minimum Gasteiger partial charge on any atom is -0.497 e. The van der Waals surface area contributed by atoms with E-state index in [1.165, 1.54) is 0 Å². The van der Waals surface area contributed by atoms with Crippen LogP contribution in [0.2, 0.25) is 0 Å². The summed E-state index contributed by atoms with van der Waals surface area (Å²) in [6.45, 7) is 5.82. The average Bonchev–Trinajstić information content (AvgIpc) is 2.42. The van der Waals surface area contributed by atoms with Gasteiger partial charge in [-0.15, -0.1) is 0 Å². The Labute approximate surface area is 137 Å². The van der Waals surface area contributed by atoms with Gasteiger partial charge < -0.3 is 20.3 Å². The molecule has 1 fully saturated rings. The molecule has 6 nitrogen and oxygen atoms in total. The van der Waals surface area contributed by atoms with Crippen LogP contribution in [-0.4, -0.2) is 36.6 Å². The van der Waals surface area contributed by atoms with Gasteiger partial charge in [-0.1, -0.05) is 0 Å². The van der Waals surface area contributed by atoms with E-state index in [-0.39, 0.29) is 11.5 Å². The quantitative estimate of drug-likeness (QED) is 0.791. The Balaban J connectivity index is 2.31. The van der Waals surface area contributed by atoms with Crippen LogP contribution in [0.1, 0.15) is 39.2 Å². The SMILES string of the molecule is COc1ccc(NC(=O)OC(C)(C)C)c(C2(CN)CC(O)C2)c1. The summed E-state index contributed by atoms with van der Waals surface area (Å²) >= 11 is 0. The highest BCUT2D eigenvalue weighted by atomic mass is 16.6. The predicted molar refractivity (Wildman–Crippen MR) is 88.8 cm³/mol. The molecule has 2 rings (SSSR count). The van der Waals surface area contributed by atoms with Crippen molar-refractivity contribution in [3.63, 3.8) is 0 Å². The zero-order valence-electron chi connectivity index (χ0n) is 14.2. The van der Waals surface area contributed by atoms with Crippen LogP contribution < -0.4 is 15.8 Å². The molecule has 0 unspecified atom stereocenters. The molecule has 0 aliphatic heterocycles. The van der Waals surface area contributed by atoms with Gasteiger partial charge in [-0.2, -0.15) is 0 Å². The van der Waals surface area contributed by atoms with E-state index in [0.717, 1.165) is 5.56 Å². The third kappa shape index (κ3) is 3.95. The van der Waals surface area contributed by atoms with Crippen molar-refractivity contribution in [1.82, 2.24) is 0 Å². The molecule has 1 saturated carbocycles. The van der Waals surface area contributed by atoms with E-state index >= 15 is 0 Å². The van der Waals surface area contributed by atoms with E-state index in [2.05, 4.69) is 5.32 Å². The average molecular weight is 322 g/mol. The summed E-state index contributed by atoms with van der Waals surface area (Å²) < 4.78 is 10.6. The number of ether oxygens (including phenoxy) is 2. The van der Waals surface area contributed by atoms with Crippen LogP contribution in [-0.2, 0) is 10.2 Å². The molecule has 0 aromatic heterocycles. The first-order valence-electron chi connectivity index (χ1n) is 7.76. The van der Waals surface area contributed by atoms with Gasteiger partial charge in [-0.25, -0.2) is 4.79 Å². The van der Waals surface area contributed by atoms with Gasteiger partial charge in [0, 0.05) is 17.6 Å². The molecule has 6 heteroatoms. The number of benzene rings is 1. The topological polar surface area (TPSA) is 93.8 Å². The highest BCUT2D eigenvalue weighted by Gasteiger charge is 2.45. The van der Waals surface area contributed by atoms with Gasteiger partial charge in [0.05, 0.1) is 13.2 Å². The number of rotatable bonds is 4. The van der Waals surface area contributed by atoms with E-state index < -0.39 is 11.7 Å². The Morgan fingerprint density at radius 3 is 2.57 bits per heavy atom. The van der Waals surface area contributed by atoms with Crippen LogP contribution in [0.5, 0.6) is 5.75 Å². The monoisotopic (exact) mass is 322 g/mol. The van der Waals surface area contributed by atoms with Gasteiger partial charge >= 0.3 is 6.09 Å². The normalized spacial score (nSPS) is 23.8. The summed E-state index contributed by atoms with van der Waals surface area (Å²) in [7, 11) is 1.59. The third-order valence-corrected chi connectivity index (χ3v) is 4.08. The van der Waals surface area contributed by atoms with E-state index in [1.807, 2.05) is 26.8 Å². The lowest BCUT2D eigenvalue weighted by molar-refractivity contribution is 0.0224. The summed E-state index contributed by atoms with van der Waals surface area (Å²) in [4.78, 5) is 12.1. The van der Waals surface area contributed by atoms with Gasteiger partial charge in [-0.3, -0.25) is 5.32 Å². The Morgan fingerprint density at radius 1 is 1.43 bits per heavy atom. The number of nitrogens with one attached hydrogen (secondary N) is 1. The van der Waals surface area contributed by atoms with Crippen molar-refractivity contribution < 1.29 is 19.4 Å². The molecule has 0 heterocycles. The van der Waals surface area contributed by atoms with Crippen molar-refractivity contribution in [2.24, 2.45) is 5.73 Å². The number of hydrogen-bond donors (Lipinski definition) is 3. The van der Waals surface area contributed by atoms with Crippen LogP contribution in [0, 0.1) is 0 Å². The summed E-state index contributed by atoms with van der Waals surface area (Å²) in [5, 5.41) is 12.5. The number of hydrogen-bond acceptors (Lipinski definition) is 5. The van der Waals surface area contributed by atoms with Crippen molar-refractivity contribution in [2.45, 2.75) is 50.7 Å². The smallest absolute Gasteiger partial charge is 0.412 e. The summed E-state index contributed by atoms with van der Waals surface area (Å²) in [6, 6.07) is 5.42. The Kier molecular flexibility index (Phi) is 4.87. The fourth-order valence-corrected chi connectivity index (χ4v) is 2.95. The highest BCUT2D eigenvalue weighted by Crippen LogP contribution is 2.47. The lowest BCUT2D eigenvalue weighted by atomic mass is 9.62. The van der Waals surface area contributed by atoms with Crippen molar-refractivity contribution in [1.29, 1.82) is 0 Å². The lowest BCUT2D eigenvalue weighted by Gasteiger charge is -2.46. The molecule has 1 amide bonds. The summed E-state index contributed by atoms with van der Waals surface area (Å²) in [5.74, 6) is 0.684. The molecule has 23 heavy (non-hydrogen) atoms. The number of anilines is 1. The second-order valence-electron chi connectivity index (χ2n) is 7.08. The first-order chi connectivity index (χ1) is 10.7. The zero-order valence-corrected chi connectivity index (χ0v) is 14.2. The predicted octanol–water partition coefficient (Wildman–Crippen LogP) is 2.39. The second kappa shape index (κ2) is 6.37. The minimum absolute atomic E-state index is 0.349. The van der Waals surface area contributed by atoms with Crippen molar-refractivity contribution >= 4 is 11.8 Å². The molecule has 0 radical (unpaired) electrons. The van der Waals surface area contributed by atoms with Crippen LogP contribution in [0.25, 0.3) is 0 Å². The highest BCUT2D eigenvalue weighted by molar-refractivity contribution is 5.86. The molecule has 1 aliphatic rings. The molecule has 1 aromatic carbocycles. The first-order valence-corrected chi connectivity index (χ1v) is 7.76. The molecule has 1 aliphatic carbocycles. The lowest BCUT2D eigenvalue weighted by Crippen LogP contribution is -2.50. The number of nitrogens with two attached hydrogens (primary N) is 1. The molecule has 0 saturated heterocycles. The summed E-state index contributed by atoms with van der Waals surface area (Å²) in [6.07, 6.45) is 0.259.